The molecule has 0 bridgehead atoms. The summed E-state index contributed by atoms with van der Waals surface area (Å²) >= 11 is 0. The first-order valence-corrected chi connectivity index (χ1v) is 16.9. The Morgan fingerprint density at radius 3 is 2.50 bits per heavy atom. The van der Waals surface area contributed by atoms with E-state index in [1.807, 2.05) is 45.0 Å². The number of ether oxygens (including phenoxy) is 1. The number of nitrogens with one attached hydrogen (secondary N) is 1. The van der Waals surface area contributed by atoms with Crippen molar-refractivity contribution in [3.8, 4) is 5.82 Å². The molecule has 230 valence electrons. The van der Waals surface area contributed by atoms with Crippen LogP contribution in [-0.2, 0) is 14.5 Å². The molecule has 12 heteroatoms. The minimum atomic E-state index is -2.42. The summed E-state index contributed by atoms with van der Waals surface area (Å²) in [4.78, 5) is 27.8. The van der Waals surface area contributed by atoms with Crippen LogP contribution in [0.3, 0.4) is 0 Å². The van der Waals surface area contributed by atoms with Crippen molar-refractivity contribution in [3.63, 3.8) is 0 Å². The monoisotopic (exact) mass is 617 g/mol. The molecule has 0 atom stereocenters. The molecule has 4 heterocycles. The lowest BCUT2D eigenvalue weighted by Crippen LogP contribution is -2.39. The number of pyridine rings is 1. The minimum Gasteiger partial charge on any atom is -0.444 e. The SMILES string of the molecule is CC(C)(C)OC(=O)N1CC=C(c2ccc(Nc3ncc4c(F)c(C5CC5)n(-c5cccc(N=S(C)(C)=O)n5)c4n3)cc2)CC1. The number of carbonyl (C=O) groups excluding carboxylic acids is 1. The maximum absolute atomic E-state index is 15.7. The molecule has 3 aromatic heterocycles. The van der Waals surface area contributed by atoms with Gasteiger partial charge in [-0.05, 0) is 75.4 Å². The highest BCUT2D eigenvalue weighted by Gasteiger charge is 2.34. The Morgan fingerprint density at radius 2 is 1.86 bits per heavy atom. The van der Waals surface area contributed by atoms with E-state index in [0.29, 0.717) is 47.4 Å². The molecule has 6 rings (SSSR count). The van der Waals surface area contributed by atoms with Crippen LogP contribution in [0.5, 0.6) is 0 Å². The van der Waals surface area contributed by atoms with E-state index in [-0.39, 0.29) is 17.8 Å². The summed E-state index contributed by atoms with van der Waals surface area (Å²) in [5, 5.41) is 3.56. The molecule has 1 saturated carbocycles. The van der Waals surface area contributed by atoms with E-state index in [9.17, 15) is 9.00 Å². The van der Waals surface area contributed by atoms with Crippen LogP contribution in [0.1, 0.15) is 57.2 Å². The molecule has 10 nitrogen and oxygen atoms in total. The third kappa shape index (κ3) is 6.59. The van der Waals surface area contributed by atoms with Crippen molar-refractivity contribution in [2.45, 2.75) is 51.6 Å². The van der Waals surface area contributed by atoms with E-state index >= 15 is 4.39 Å². The lowest BCUT2D eigenvalue weighted by atomic mass is 9.99. The highest BCUT2D eigenvalue weighted by Crippen LogP contribution is 2.45. The van der Waals surface area contributed by atoms with E-state index in [0.717, 1.165) is 30.5 Å². The van der Waals surface area contributed by atoms with Crippen LogP contribution in [0.15, 0.2) is 59.1 Å². The molecule has 0 saturated heterocycles. The molecule has 44 heavy (non-hydrogen) atoms. The zero-order valence-electron chi connectivity index (χ0n) is 25.5. The lowest BCUT2D eigenvalue weighted by molar-refractivity contribution is 0.0270. The number of amides is 1. The number of rotatable bonds is 6. The smallest absolute Gasteiger partial charge is 0.410 e. The molecule has 1 aromatic carbocycles. The van der Waals surface area contributed by atoms with Gasteiger partial charge in [0, 0.05) is 53.1 Å². The first-order chi connectivity index (χ1) is 20.8. The van der Waals surface area contributed by atoms with Gasteiger partial charge in [-0.1, -0.05) is 24.3 Å². The van der Waals surface area contributed by atoms with Gasteiger partial charge in [-0.3, -0.25) is 4.57 Å². The first kappa shape index (κ1) is 29.7. The number of nitrogens with zero attached hydrogens (tertiary/aromatic N) is 6. The van der Waals surface area contributed by atoms with Gasteiger partial charge in [-0.25, -0.2) is 23.4 Å². The summed E-state index contributed by atoms with van der Waals surface area (Å²) in [6, 6.07) is 13.1. The van der Waals surface area contributed by atoms with Crippen molar-refractivity contribution in [2.24, 2.45) is 4.36 Å². The fourth-order valence-electron chi connectivity index (χ4n) is 5.19. The fourth-order valence-corrected chi connectivity index (χ4v) is 5.74. The van der Waals surface area contributed by atoms with Gasteiger partial charge in [0.1, 0.15) is 11.4 Å². The van der Waals surface area contributed by atoms with Crippen LogP contribution in [0.4, 0.5) is 26.6 Å². The quantitative estimate of drug-likeness (QED) is 0.249. The van der Waals surface area contributed by atoms with Crippen molar-refractivity contribution in [3.05, 3.63) is 71.8 Å². The topological polar surface area (TPSA) is 115 Å². The van der Waals surface area contributed by atoms with Crippen LogP contribution in [-0.4, -0.2) is 65.9 Å². The van der Waals surface area contributed by atoms with Gasteiger partial charge in [-0.2, -0.15) is 9.35 Å². The van der Waals surface area contributed by atoms with Crippen molar-refractivity contribution >= 4 is 49.9 Å². The molecule has 4 aromatic rings. The normalized spacial score (nSPS) is 15.7. The zero-order chi connectivity index (χ0) is 31.2. The third-order valence-electron chi connectivity index (χ3n) is 7.28. The van der Waals surface area contributed by atoms with E-state index in [1.54, 1.807) is 40.2 Å². The summed E-state index contributed by atoms with van der Waals surface area (Å²) in [5.74, 6) is 0.832. The third-order valence-corrected chi connectivity index (χ3v) is 7.91. The molecule has 1 fully saturated rings. The van der Waals surface area contributed by atoms with Crippen molar-refractivity contribution in [1.82, 2.24) is 24.4 Å². The number of fused-ring (bicyclic) bond motifs is 1. The van der Waals surface area contributed by atoms with E-state index in [4.69, 9.17) is 9.72 Å². The second-order valence-corrected chi connectivity index (χ2v) is 15.0. The minimum absolute atomic E-state index is 0.0717. The highest BCUT2D eigenvalue weighted by atomic mass is 32.2. The van der Waals surface area contributed by atoms with Gasteiger partial charge >= 0.3 is 6.09 Å². The Kier molecular flexibility index (Phi) is 7.64. The summed E-state index contributed by atoms with van der Waals surface area (Å²) in [7, 11) is -2.42. The van der Waals surface area contributed by atoms with Crippen LogP contribution < -0.4 is 5.32 Å². The number of halogens is 1. The van der Waals surface area contributed by atoms with Gasteiger partial charge in [0.25, 0.3) is 0 Å². The summed E-state index contributed by atoms with van der Waals surface area (Å²) in [6.45, 7) is 6.68. The molecule has 0 unspecified atom stereocenters. The molecule has 2 aliphatic rings. The second-order valence-electron chi connectivity index (χ2n) is 12.5. The number of hydrogen-bond donors (Lipinski definition) is 1. The first-order valence-electron chi connectivity index (χ1n) is 14.6. The Bertz CT molecular complexity index is 1890. The second kappa shape index (κ2) is 11.3. The van der Waals surface area contributed by atoms with E-state index < -0.39 is 15.3 Å². The summed E-state index contributed by atoms with van der Waals surface area (Å²) in [6.07, 6.45) is 8.85. The number of hydrogen-bond acceptors (Lipinski definition) is 8. The molecule has 0 radical (unpaired) electrons. The van der Waals surface area contributed by atoms with Crippen LogP contribution in [0.2, 0.25) is 0 Å². The molecule has 1 aliphatic carbocycles. The van der Waals surface area contributed by atoms with Gasteiger partial charge in [0.05, 0.1) is 11.1 Å². The van der Waals surface area contributed by atoms with Crippen LogP contribution in [0.25, 0.3) is 22.4 Å². The van der Waals surface area contributed by atoms with Crippen molar-refractivity contribution < 1.29 is 18.1 Å². The summed E-state index contributed by atoms with van der Waals surface area (Å²) < 4.78 is 39.5. The largest absolute Gasteiger partial charge is 0.444 e. The average molecular weight is 618 g/mol. The highest BCUT2D eigenvalue weighted by molar-refractivity contribution is 7.92. The molecular weight excluding hydrogens is 581 g/mol. The Balaban J connectivity index is 1.25. The summed E-state index contributed by atoms with van der Waals surface area (Å²) in [5.41, 5.74) is 3.42. The van der Waals surface area contributed by atoms with E-state index in [1.165, 1.54) is 11.8 Å². The number of aromatic nitrogens is 4. The van der Waals surface area contributed by atoms with Gasteiger partial charge in [0.2, 0.25) is 5.95 Å². The van der Waals surface area contributed by atoms with Crippen molar-refractivity contribution in [1.29, 1.82) is 0 Å². The van der Waals surface area contributed by atoms with Crippen molar-refractivity contribution in [2.75, 3.05) is 30.9 Å². The van der Waals surface area contributed by atoms with Gasteiger partial charge < -0.3 is 15.0 Å². The van der Waals surface area contributed by atoms with Gasteiger partial charge in [0.15, 0.2) is 17.3 Å². The molecule has 1 amide bonds. The maximum atomic E-state index is 15.7. The van der Waals surface area contributed by atoms with E-state index in [2.05, 4.69) is 25.7 Å². The molecular formula is C32H36FN7O3S. The predicted molar refractivity (Wildman–Crippen MR) is 171 cm³/mol. The maximum Gasteiger partial charge on any atom is 0.410 e. The Morgan fingerprint density at radius 1 is 1.11 bits per heavy atom. The fraction of sp³-hybridized carbons (Fsp3) is 0.375. The number of carbonyl (C=O) groups is 1. The van der Waals surface area contributed by atoms with Crippen LogP contribution >= 0.6 is 0 Å². The molecule has 1 N–H and O–H groups in total. The Hall–Kier alpha value is -4.32. The molecule has 1 aliphatic heterocycles. The number of benzene rings is 1. The standard InChI is InChI=1S/C32H36FN7O3S/c1-32(2,3)43-31(41)39-17-15-21(16-18-39)20-11-13-23(14-12-20)35-30-34-19-24-27(33)28(22-9-10-22)40(29(24)37-30)26-8-6-7-25(36-26)38-44(4,5)42/h6-8,11-15,19,22H,9-10,16-18H2,1-5H3,(H,34,35,37). The average Bonchev–Trinajstić information content (AvgIpc) is 3.75. The van der Waals surface area contributed by atoms with Gasteiger partial charge in [-0.15, -0.1) is 0 Å². The molecule has 0 spiro atoms. The zero-order valence-corrected chi connectivity index (χ0v) is 26.3. The number of anilines is 2. The van der Waals surface area contributed by atoms with Crippen LogP contribution in [0, 0.1) is 5.82 Å². The lowest BCUT2D eigenvalue weighted by Gasteiger charge is -2.29. The Labute approximate surface area is 256 Å². The predicted octanol–water partition coefficient (Wildman–Crippen LogP) is 6.96.